The van der Waals surface area contributed by atoms with Crippen molar-refractivity contribution in [2.75, 3.05) is 10.2 Å². The Labute approximate surface area is 141 Å². The van der Waals surface area contributed by atoms with Gasteiger partial charge in [0.2, 0.25) is 0 Å². The molecular weight excluding hydrogens is 342 g/mol. The summed E-state index contributed by atoms with van der Waals surface area (Å²) in [5.41, 5.74) is 0.707. The van der Waals surface area contributed by atoms with E-state index in [0.29, 0.717) is 10.7 Å². The third-order valence-corrected chi connectivity index (χ3v) is 3.79. The van der Waals surface area contributed by atoms with Crippen molar-refractivity contribution in [3.63, 3.8) is 0 Å². The van der Waals surface area contributed by atoms with Crippen LogP contribution in [0.25, 0.3) is 0 Å². The molecule has 1 heterocycles. The highest BCUT2D eigenvalue weighted by molar-refractivity contribution is 6.53. The van der Waals surface area contributed by atoms with Gasteiger partial charge in [-0.2, -0.15) is 0 Å². The first-order chi connectivity index (χ1) is 11.0. The number of anilines is 2. The van der Waals surface area contributed by atoms with Crippen molar-refractivity contribution in [1.29, 1.82) is 0 Å². The second-order valence-corrected chi connectivity index (χ2v) is 5.56. The summed E-state index contributed by atoms with van der Waals surface area (Å²) in [6.45, 7) is 0. The lowest BCUT2D eigenvalue weighted by Gasteiger charge is -2.15. The zero-order chi connectivity index (χ0) is 16.6. The fourth-order valence-corrected chi connectivity index (χ4v) is 2.55. The lowest BCUT2D eigenvalue weighted by Crippen LogP contribution is -2.32. The summed E-state index contributed by atoms with van der Waals surface area (Å²) in [7, 11) is 0. The van der Waals surface area contributed by atoms with Crippen LogP contribution in [-0.2, 0) is 9.59 Å². The maximum atomic E-state index is 13.0. The second kappa shape index (κ2) is 6.02. The molecule has 116 valence electrons. The van der Waals surface area contributed by atoms with E-state index < -0.39 is 17.6 Å². The van der Waals surface area contributed by atoms with Crippen LogP contribution in [0.1, 0.15) is 0 Å². The Morgan fingerprint density at radius 1 is 0.957 bits per heavy atom. The molecule has 2 aromatic rings. The van der Waals surface area contributed by atoms with Crippen molar-refractivity contribution in [1.82, 2.24) is 0 Å². The summed E-state index contributed by atoms with van der Waals surface area (Å²) in [6, 6.07) is 11.6. The van der Waals surface area contributed by atoms with Crippen LogP contribution >= 0.6 is 23.2 Å². The lowest BCUT2D eigenvalue weighted by molar-refractivity contribution is -0.120. The number of halogens is 3. The Hall–Kier alpha value is -2.37. The van der Waals surface area contributed by atoms with Crippen molar-refractivity contribution in [2.45, 2.75) is 0 Å². The van der Waals surface area contributed by atoms with E-state index in [1.807, 2.05) is 0 Å². The first kappa shape index (κ1) is 15.5. The Bertz CT molecular complexity index is 834. The smallest absolute Gasteiger partial charge is 0.283 e. The molecule has 0 spiro atoms. The van der Waals surface area contributed by atoms with Gasteiger partial charge in [-0.25, -0.2) is 9.29 Å². The summed E-state index contributed by atoms with van der Waals surface area (Å²) in [6.07, 6.45) is 0. The van der Waals surface area contributed by atoms with Crippen LogP contribution in [-0.4, -0.2) is 11.8 Å². The predicted molar refractivity (Wildman–Crippen MR) is 86.8 cm³/mol. The molecule has 3 rings (SSSR count). The minimum atomic E-state index is -0.673. The average Bonchev–Trinajstić information content (AvgIpc) is 2.73. The van der Waals surface area contributed by atoms with E-state index in [2.05, 4.69) is 5.32 Å². The maximum Gasteiger partial charge on any atom is 0.283 e. The summed E-state index contributed by atoms with van der Waals surface area (Å²) in [5.74, 6) is -1.76. The van der Waals surface area contributed by atoms with Gasteiger partial charge in [0.25, 0.3) is 11.8 Å². The zero-order valence-corrected chi connectivity index (χ0v) is 13.0. The number of imide groups is 1. The number of nitrogens with zero attached hydrogens (tertiary/aromatic N) is 1. The van der Waals surface area contributed by atoms with Gasteiger partial charge in [0.15, 0.2) is 0 Å². The van der Waals surface area contributed by atoms with Gasteiger partial charge in [-0.1, -0.05) is 29.3 Å². The molecule has 0 bridgehead atoms. The van der Waals surface area contributed by atoms with Gasteiger partial charge in [-0.05, 0) is 42.5 Å². The lowest BCUT2D eigenvalue weighted by atomic mass is 10.3. The van der Waals surface area contributed by atoms with Crippen LogP contribution in [0, 0.1) is 5.82 Å². The first-order valence-electron chi connectivity index (χ1n) is 6.54. The molecule has 0 saturated carbocycles. The number of hydrogen-bond donors (Lipinski definition) is 1. The highest BCUT2D eigenvalue weighted by Crippen LogP contribution is 2.30. The van der Waals surface area contributed by atoms with E-state index in [1.54, 1.807) is 24.3 Å². The normalized spacial score (nSPS) is 14.7. The minimum absolute atomic E-state index is 0.0525. The molecule has 0 aromatic heterocycles. The standard InChI is InChI=1S/C16H9Cl2FN2O2/c17-9-2-1-3-11(8-9)20-14-13(18)15(22)21(16(14)23)12-6-4-10(19)5-7-12/h1-8,20H. The molecule has 0 aliphatic carbocycles. The van der Waals surface area contributed by atoms with E-state index >= 15 is 0 Å². The molecule has 2 aromatic carbocycles. The minimum Gasteiger partial charge on any atom is -0.350 e. The molecule has 2 amide bonds. The summed E-state index contributed by atoms with van der Waals surface area (Å²) < 4.78 is 13.0. The average molecular weight is 351 g/mol. The van der Waals surface area contributed by atoms with E-state index in [9.17, 15) is 14.0 Å². The number of carbonyl (C=O) groups is 2. The third kappa shape index (κ3) is 2.93. The number of hydrogen-bond acceptors (Lipinski definition) is 3. The molecule has 1 aliphatic heterocycles. The van der Waals surface area contributed by atoms with E-state index in [0.717, 1.165) is 17.0 Å². The van der Waals surface area contributed by atoms with Gasteiger partial charge < -0.3 is 5.32 Å². The Morgan fingerprint density at radius 3 is 2.30 bits per heavy atom. The Kier molecular flexibility index (Phi) is 4.07. The van der Waals surface area contributed by atoms with Crippen LogP contribution in [0.3, 0.4) is 0 Å². The molecule has 0 unspecified atom stereocenters. The molecule has 4 nitrogen and oxygen atoms in total. The van der Waals surface area contributed by atoms with Crippen LogP contribution in [0.2, 0.25) is 5.02 Å². The number of nitrogens with one attached hydrogen (secondary N) is 1. The van der Waals surface area contributed by atoms with Crippen LogP contribution in [0.15, 0.2) is 59.3 Å². The van der Waals surface area contributed by atoms with Gasteiger partial charge >= 0.3 is 0 Å². The second-order valence-electron chi connectivity index (χ2n) is 4.75. The van der Waals surface area contributed by atoms with E-state index in [1.165, 1.54) is 12.1 Å². The SMILES string of the molecule is O=C1C(Cl)=C(Nc2cccc(Cl)c2)C(=O)N1c1ccc(F)cc1. The topological polar surface area (TPSA) is 49.4 Å². The maximum absolute atomic E-state index is 13.0. The predicted octanol–water partition coefficient (Wildman–Crippen LogP) is 3.91. The van der Waals surface area contributed by atoms with Crippen molar-refractivity contribution in [3.8, 4) is 0 Å². The molecule has 0 saturated heterocycles. The van der Waals surface area contributed by atoms with E-state index in [4.69, 9.17) is 23.2 Å². The van der Waals surface area contributed by atoms with Crippen LogP contribution < -0.4 is 10.2 Å². The molecule has 0 atom stereocenters. The largest absolute Gasteiger partial charge is 0.350 e. The molecule has 7 heteroatoms. The van der Waals surface area contributed by atoms with Gasteiger partial charge in [0.1, 0.15) is 16.5 Å². The Morgan fingerprint density at radius 2 is 1.65 bits per heavy atom. The number of carbonyl (C=O) groups excluding carboxylic acids is 2. The van der Waals surface area contributed by atoms with Crippen LogP contribution in [0.4, 0.5) is 15.8 Å². The molecule has 23 heavy (non-hydrogen) atoms. The Balaban J connectivity index is 1.91. The summed E-state index contributed by atoms with van der Waals surface area (Å²) in [4.78, 5) is 25.6. The molecule has 0 radical (unpaired) electrons. The van der Waals surface area contributed by atoms with Gasteiger partial charge in [0, 0.05) is 10.7 Å². The highest BCUT2D eigenvalue weighted by Gasteiger charge is 2.38. The van der Waals surface area contributed by atoms with Gasteiger partial charge in [0.05, 0.1) is 5.69 Å². The van der Waals surface area contributed by atoms with Crippen molar-refractivity contribution < 1.29 is 14.0 Å². The van der Waals surface area contributed by atoms with Crippen molar-refractivity contribution in [2.24, 2.45) is 0 Å². The first-order valence-corrected chi connectivity index (χ1v) is 7.29. The number of benzene rings is 2. The highest BCUT2D eigenvalue weighted by atomic mass is 35.5. The van der Waals surface area contributed by atoms with Crippen molar-refractivity contribution in [3.05, 3.63) is 70.1 Å². The molecular formula is C16H9Cl2FN2O2. The zero-order valence-electron chi connectivity index (χ0n) is 11.5. The number of amides is 2. The molecule has 1 N–H and O–H groups in total. The summed E-state index contributed by atoms with van der Waals surface area (Å²) >= 11 is 11.9. The number of rotatable bonds is 3. The quantitative estimate of drug-likeness (QED) is 0.853. The fourth-order valence-electron chi connectivity index (χ4n) is 2.15. The molecule has 0 fully saturated rings. The van der Waals surface area contributed by atoms with Gasteiger partial charge in [-0.15, -0.1) is 0 Å². The van der Waals surface area contributed by atoms with Crippen molar-refractivity contribution >= 4 is 46.4 Å². The third-order valence-electron chi connectivity index (χ3n) is 3.21. The van der Waals surface area contributed by atoms with E-state index in [-0.39, 0.29) is 16.4 Å². The monoisotopic (exact) mass is 350 g/mol. The van der Waals surface area contributed by atoms with Crippen LogP contribution in [0.5, 0.6) is 0 Å². The summed E-state index contributed by atoms with van der Waals surface area (Å²) in [5, 5.41) is 3.03. The van der Waals surface area contributed by atoms with Gasteiger partial charge in [-0.3, -0.25) is 9.59 Å². The fraction of sp³-hybridized carbons (Fsp3) is 0. The molecule has 1 aliphatic rings.